The van der Waals surface area contributed by atoms with Crippen molar-refractivity contribution in [1.29, 1.82) is 0 Å². The minimum atomic E-state index is -0.496. The zero-order valence-corrected chi connectivity index (χ0v) is 18.1. The van der Waals surface area contributed by atoms with E-state index in [9.17, 15) is 18.8 Å². The van der Waals surface area contributed by atoms with Crippen LogP contribution < -0.4 is 10.6 Å². The van der Waals surface area contributed by atoms with E-state index in [4.69, 9.17) is 0 Å². The van der Waals surface area contributed by atoms with Gasteiger partial charge in [0.05, 0.1) is 12.2 Å². The number of amides is 3. The van der Waals surface area contributed by atoms with Gasteiger partial charge in [0.2, 0.25) is 0 Å². The van der Waals surface area contributed by atoms with Crippen LogP contribution in [0.3, 0.4) is 0 Å². The van der Waals surface area contributed by atoms with Gasteiger partial charge in [0.15, 0.2) is 5.78 Å². The van der Waals surface area contributed by atoms with Crippen LogP contribution in [-0.2, 0) is 0 Å². The summed E-state index contributed by atoms with van der Waals surface area (Å²) in [6, 6.07) is 13.6. The molecule has 1 aromatic heterocycles. The molecule has 2 aromatic carbocycles. The molecular weight excluding hydrogens is 425 g/mol. The summed E-state index contributed by atoms with van der Waals surface area (Å²) in [5.74, 6) is -0.0256. The van der Waals surface area contributed by atoms with Gasteiger partial charge < -0.3 is 10.2 Å². The van der Waals surface area contributed by atoms with Crippen molar-refractivity contribution in [3.8, 4) is 0 Å². The van der Waals surface area contributed by atoms with E-state index in [1.165, 1.54) is 25.1 Å². The summed E-state index contributed by atoms with van der Waals surface area (Å²) in [6.45, 7) is 2.59. The van der Waals surface area contributed by atoms with Crippen molar-refractivity contribution in [3.63, 3.8) is 0 Å². The normalized spacial score (nSPS) is 14.1. The molecule has 1 aliphatic heterocycles. The number of hydrogen-bond donors (Lipinski definition) is 2. The predicted molar refractivity (Wildman–Crippen MR) is 122 cm³/mol. The maximum absolute atomic E-state index is 13.3. The third-order valence-electron chi connectivity index (χ3n) is 5.63. The van der Waals surface area contributed by atoms with Crippen LogP contribution in [0, 0.1) is 5.82 Å². The molecule has 0 unspecified atom stereocenters. The SMILES string of the molecule is CC(=O)c1ccc(C(=O)N2CCC(n3nccc3NC(=O)Nc3cccc(F)c3)CC2)cc1. The topological polar surface area (TPSA) is 96.3 Å². The third kappa shape index (κ3) is 5.25. The van der Waals surface area contributed by atoms with Gasteiger partial charge in [0, 0.05) is 36.0 Å². The Hall–Kier alpha value is -4.01. The fraction of sp³-hybridized carbons (Fsp3) is 0.250. The van der Waals surface area contributed by atoms with E-state index in [0.717, 1.165) is 0 Å². The van der Waals surface area contributed by atoms with Crippen molar-refractivity contribution in [2.75, 3.05) is 23.7 Å². The predicted octanol–water partition coefficient (Wildman–Crippen LogP) is 4.35. The molecule has 0 bridgehead atoms. The number of carbonyl (C=O) groups is 3. The highest BCUT2D eigenvalue weighted by molar-refractivity contribution is 5.99. The molecule has 0 spiro atoms. The highest BCUT2D eigenvalue weighted by Crippen LogP contribution is 2.26. The number of likely N-dealkylation sites (tertiary alicyclic amines) is 1. The molecule has 33 heavy (non-hydrogen) atoms. The largest absolute Gasteiger partial charge is 0.338 e. The van der Waals surface area contributed by atoms with Crippen LogP contribution in [0.2, 0.25) is 0 Å². The summed E-state index contributed by atoms with van der Waals surface area (Å²) < 4.78 is 15.1. The van der Waals surface area contributed by atoms with Crippen molar-refractivity contribution < 1.29 is 18.8 Å². The monoisotopic (exact) mass is 449 g/mol. The van der Waals surface area contributed by atoms with Crippen LogP contribution in [0.1, 0.15) is 46.5 Å². The Morgan fingerprint density at radius 1 is 0.970 bits per heavy atom. The number of nitrogens with one attached hydrogen (secondary N) is 2. The number of carbonyl (C=O) groups excluding carboxylic acids is 3. The standard InChI is InChI=1S/C24H24FN5O3/c1-16(31)17-5-7-18(8-6-17)23(32)29-13-10-21(11-14-29)30-22(9-12-26-30)28-24(33)27-20-4-2-3-19(25)15-20/h2-9,12,15,21H,10-11,13-14H2,1H3,(H2,27,28,33). The Balaban J connectivity index is 1.35. The molecule has 9 heteroatoms. The molecule has 1 fully saturated rings. The van der Waals surface area contributed by atoms with E-state index in [1.807, 2.05) is 0 Å². The Bertz CT molecular complexity index is 1170. The number of ketones is 1. The minimum absolute atomic E-state index is 0.0219. The lowest BCUT2D eigenvalue weighted by molar-refractivity contribution is 0.0690. The number of benzene rings is 2. The van der Waals surface area contributed by atoms with E-state index in [1.54, 1.807) is 52.2 Å². The maximum Gasteiger partial charge on any atom is 0.324 e. The first-order chi connectivity index (χ1) is 15.9. The molecule has 2 N–H and O–H groups in total. The molecule has 0 atom stereocenters. The molecule has 3 amide bonds. The first-order valence-corrected chi connectivity index (χ1v) is 10.7. The zero-order valence-electron chi connectivity index (χ0n) is 18.1. The van der Waals surface area contributed by atoms with Crippen LogP contribution in [-0.4, -0.2) is 45.5 Å². The van der Waals surface area contributed by atoms with Crippen molar-refractivity contribution >= 4 is 29.2 Å². The van der Waals surface area contributed by atoms with Gasteiger partial charge in [-0.25, -0.2) is 13.9 Å². The van der Waals surface area contributed by atoms with Gasteiger partial charge in [-0.15, -0.1) is 0 Å². The summed E-state index contributed by atoms with van der Waals surface area (Å²) in [5, 5.41) is 9.69. The number of aromatic nitrogens is 2. The lowest BCUT2D eigenvalue weighted by atomic mass is 10.0. The highest BCUT2D eigenvalue weighted by atomic mass is 19.1. The minimum Gasteiger partial charge on any atom is -0.338 e. The van der Waals surface area contributed by atoms with Gasteiger partial charge in [-0.1, -0.05) is 18.2 Å². The van der Waals surface area contributed by atoms with Crippen LogP contribution in [0.15, 0.2) is 60.8 Å². The fourth-order valence-electron chi connectivity index (χ4n) is 3.89. The number of piperidine rings is 1. The fourth-order valence-corrected chi connectivity index (χ4v) is 3.89. The summed E-state index contributed by atoms with van der Waals surface area (Å²) in [5.41, 5.74) is 1.47. The second kappa shape index (κ2) is 9.64. The Labute approximate surface area is 190 Å². The molecule has 0 saturated carbocycles. The van der Waals surface area contributed by atoms with Crippen LogP contribution in [0.25, 0.3) is 0 Å². The van der Waals surface area contributed by atoms with Gasteiger partial charge in [0.25, 0.3) is 5.91 Å². The molecular formula is C24H24FN5O3. The van der Waals surface area contributed by atoms with Gasteiger partial charge in [-0.2, -0.15) is 5.10 Å². The smallest absolute Gasteiger partial charge is 0.324 e. The van der Waals surface area contributed by atoms with Crippen molar-refractivity contribution in [2.45, 2.75) is 25.8 Å². The molecule has 3 aromatic rings. The zero-order chi connectivity index (χ0) is 23.4. The number of rotatable bonds is 5. The van der Waals surface area contributed by atoms with Crippen molar-refractivity contribution in [2.24, 2.45) is 0 Å². The first-order valence-electron chi connectivity index (χ1n) is 10.7. The van der Waals surface area contributed by atoms with Gasteiger partial charge in [0.1, 0.15) is 11.6 Å². The van der Waals surface area contributed by atoms with E-state index < -0.39 is 11.8 Å². The molecule has 2 heterocycles. The van der Waals surface area contributed by atoms with Gasteiger partial charge in [-0.3, -0.25) is 14.9 Å². The van der Waals surface area contributed by atoms with Crippen LogP contribution in [0.4, 0.5) is 20.7 Å². The lowest BCUT2D eigenvalue weighted by Crippen LogP contribution is -2.39. The maximum atomic E-state index is 13.3. The van der Waals surface area contributed by atoms with E-state index in [2.05, 4.69) is 15.7 Å². The molecule has 1 aliphatic rings. The number of hydrogen-bond acceptors (Lipinski definition) is 4. The quantitative estimate of drug-likeness (QED) is 0.566. The van der Waals surface area contributed by atoms with Crippen molar-refractivity contribution in [3.05, 3.63) is 77.7 Å². The Morgan fingerprint density at radius 3 is 2.33 bits per heavy atom. The number of halogens is 1. The molecule has 4 rings (SSSR count). The van der Waals surface area contributed by atoms with Crippen LogP contribution >= 0.6 is 0 Å². The summed E-state index contributed by atoms with van der Waals surface area (Å²) in [7, 11) is 0. The lowest BCUT2D eigenvalue weighted by Gasteiger charge is -2.32. The van der Waals surface area contributed by atoms with Gasteiger partial charge >= 0.3 is 6.03 Å². The second-order valence-corrected chi connectivity index (χ2v) is 7.91. The number of nitrogens with zero attached hydrogens (tertiary/aromatic N) is 3. The Kier molecular flexibility index (Phi) is 6.48. The van der Waals surface area contributed by atoms with E-state index >= 15 is 0 Å². The molecule has 1 saturated heterocycles. The van der Waals surface area contributed by atoms with E-state index in [-0.39, 0.29) is 17.7 Å². The third-order valence-corrected chi connectivity index (χ3v) is 5.63. The number of anilines is 2. The molecule has 0 aliphatic carbocycles. The second-order valence-electron chi connectivity index (χ2n) is 7.91. The summed E-state index contributed by atoms with van der Waals surface area (Å²) in [6.07, 6.45) is 2.96. The highest BCUT2D eigenvalue weighted by Gasteiger charge is 2.26. The number of Topliss-reactive ketones (excluding diaryl/α,β-unsaturated/α-hetero) is 1. The molecule has 0 radical (unpaired) electrons. The first kappa shape index (κ1) is 22.2. The molecule has 170 valence electrons. The van der Waals surface area contributed by atoms with E-state index in [0.29, 0.717) is 48.6 Å². The van der Waals surface area contributed by atoms with Crippen molar-refractivity contribution in [1.82, 2.24) is 14.7 Å². The summed E-state index contributed by atoms with van der Waals surface area (Å²) in [4.78, 5) is 38.4. The average Bonchev–Trinajstić information content (AvgIpc) is 3.26. The Morgan fingerprint density at radius 2 is 1.67 bits per heavy atom. The number of urea groups is 1. The summed E-state index contributed by atoms with van der Waals surface area (Å²) >= 11 is 0. The van der Waals surface area contributed by atoms with Gasteiger partial charge in [-0.05, 0) is 50.1 Å². The molecule has 8 nitrogen and oxygen atoms in total. The van der Waals surface area contributed by atoms with Crippen LogP contribution in [0.5, 0.6) is 0 Å². The average molecular weight is 449 g/mol.